The highest BCUT2D eigenvalue weighted by atomic mass is 127. The van der Waals surface area contributed by atoms with Crippen molar-refractivity contribution in [2.24, 2.45) is 0 Å². The van der Waals surface area contributed by atoms with E-state index >= 15 is 0 Å². The molecule has 0 aliphatic heterocycles. The Bertz CT molecular complexity index is 430. The zero-order valence-electron chi connectivity index (χ0n) is 9.68. The van der Waals surface area contributed by atoms with Gasteiger partial charge in [0, 0.05) is 9.99 Å². The first-order valence-electron chi connectivity index (χ1n) is 5.36. The van der Waals surface area contributed by atoms with Crippen LogP contribution < -0.4 is 0 Å². The summed E-state index contributed by atoms with van der Waals surface area (Å²) in [5.74, 6) is -0.399. The van der Waals surface area contributed by atoms with Gasteiger partial charge in [0.2, 0.25) is 0 Å². The molecule has 0 N–H and O–H groups in total. The zero-order chi connectivity index (χ0) is 13.8. The minimum atomic E-state index is -4.36. The van der Waals surface area contributed by atoms with Gasteiger partial charge in [-0.25, -0.2) is 0 Å². The van der Waals surface area contributed by atoms with Gasteiger partial charge in [0.05, 0.1) is 12.2 Å². The lowest BCUT2D eigenvalue weighted by molar-refractivity contribution is -0.143. The van der Waals surface area contributed by atoms with Crippen LogP contribution in [0, 0.1) is 3.57 Å². The van der Waals surface area contributed by atoms with Crippen LogP contribution in [0.3, 0.4) is 0 Å². The second kappa shape index (κ2) is 6.40. The molecular weight excluding hydrogens is 360 g/mol. The van der Waals surface area contributed by atoms with Gasteiger partial charge in [-0.1, -0.05) is 6.07 Å². The van der Waals surface area contributed by atoms with Gasteiger partial charge in [0.25, 0.3) is 0 Å². The third-order valence-electron chi connectivity index (χ3n) is 2.26. The van der Waals surface area contributed by atoms with Crippen molar-refractivity contribution in [1.82, 2.24) is 0 Å². The molecule has 0 radical (unpaired) electrons. The van der Waals surface area contributed by atoms with Crippen molar-refractivity contribution in [1.29, 1.82) is 0 Å². The van der Waals surface area contributed by atoms with E-state index in [2.05, 4.69) is 0 Å². The largest absolute Gasteiger partial charge is 0.466 e. The van der Waals surface area contributed by atoms with Gasteiger partial charge in [-0.3, -0.25) is 4.79 Å². The van der Waals surface area contributed by atoms with Gasteiger partial charge in [0.15, 0.2) is 0 Å². The fourth-order valence-electron chi connectivity index (χ4n) is 1.42. The Kier molecular flexibility index (Phi) is 5.43. The van der Waals surface area contributed by atoms with E-state index in [1.807, 2.05) is 0 Å². The molecule has 0 aliphatic carbocycles. The number of rotatable bonds is 4. The molecular formula is C12H12F3IO2. The molecule has 100 valence electrons. The number of halogens is 4. The summed E-state index contributed by atoms with van der Waals surface area (Å²) >= 11 is 1.65. The van der Waals surface area contributed by atoms with Crippen LogP contribution in [0.1, 0.15) is 24.5 Å². The topological polar surface area (TPSA) is 26.3 Å². The minimum absolute atomic E-state index is 0.0890. The van der Waals surface area contributed by atoms with Gasteiger partial charge in [-0.05, 0) is 53.6 Å². The van der Waals surface area contributed by atoms with Gasteiger partial charge in [-0.15, -0.1) is 0 Å². The number of ether oxygens (including phenoxy) is 1. The molecule has 0 aliphatic rings. The Morgan fingerprint density at radius 2 is 2.06 bits per heavy atom. The second-order valence-electron chi connectivity index (χ2n) is 3.62. The number of alkyl halides is 3. The Morgan fingerprint density at radius 1 is 1.39 bits per heavy atom. The Hall–Kier alpha value is -0.790. The molecule has 0 unspecified atom stereocenters. The van der Waals surface area contributed by atoms with Crippen molar-refractivity contribution in [3.05, 3.63) is 32.9 Å². The highest BCUT2D eigenvalue weighted by Crippen LogP contribution is 2.33. The summed E-state index contributed by atoms with van der Waals surface area (Å²) in [5.41, 5.74) is -0.180. The smallest absolute Gasteiger partial charge is 0.417 e. The predicted octanol–water partition coefficient (Wildman–Crippen LogP) is 3.81. The van der Waals surface area contributed by atoms with Crippen LogP contribution in [-0.4, -0.2) is 12.6 Å². The predicted molar refractivity (Wildman–Crippen MR) is 69.1 cm³/mol. The van der Waals surface area contributed by atoms with Crippen molar-refractivity contribution in [2.45, 2.75) is 25.9 Å². The Morgan fingerprint density at radius 3 is 2.61 bits per heavy atom. The maximum absolute atomic E-state index is 12.7. The van der Waals surface area contributed by atoms with Crippen LogP contribution in [0.5, 0.6) is 0 Å². The van der Waals surface area contributed by atoms with E-state index in [1.165, 1.54) is 6.07 Å². The minimum Gasteiger partial charge on any atom is -0.466 e. The molecule has 1 aromatic rings. The van der Waals surface area contributed by atoms with E-state index in [-0.39, 0.29) is 23.0 Å². The molecule has 0 heterocycles. The maximum Gasteiger partial charge on any atom is 0.417 e. The van der Waals surface area contributed by atoms with Crippen molar-refractivity contribution in [3.63, 3.8) is 0 Å². The maximum atomic E-state index is 12.7. The number of esters is 1. The number of carbonyl (C=O) groups is 1. The van der Waals surface area contributed by atoms with Gasteiger partial charge >= 0.3 is 12.1 Å². The molecule has 0 bridgehead atoms. The first-order valence-corrected chi connectivity index (χ1v) is 6.43. The van der Waals surface area contributed by atoms with Crippen molar-refractivity contribution in [2.75, 3.05) is 6.61 Å². The number of hydrogen-bond acceptors (Lipinski definition) is 2. The summed E-state index contributed by atoms with van der Waals surface area (Å²) in [6, 6.07) is 4.08. The average molecular weight is 372 g/mol. The summed E-state index contributed by atoms with van der Waals surface area (Å²) in [6.45, 7) is 1.96. The lowest BCUT2D eigenvalue weighted by Gasteiger charge is -2.11. The fourth-order valence-corrected chi connectivity index (χ4v) is 2.07. The summed E-state index contributed by atoms with van der Waals surface area (Å²) < 4.78 is 42.8. The summed E-state index contributed by atoms with van der Waals surface area (Å²) in [4.78, 5) is 11.1. The van der Waals surface area contributed by atoms with Crippen LogP contribution in [-0.2, 0) is 22.1 Å². The van der Waals surface area contributed by atoms with Crippen LogP contribution in [0.4, 0.5) is 13.2 Å². The zero-order valence-corrected chi connectivity index (χ0v) is 11.8. The highest BCUT2D eigenvalue weighted by molar-refractivity contribution is 14.1. The molecule has 0 fully saturated rings. The van der Waals surface area contributed by atoms with Crippen LogP contribution >= 0.6 is 22.6 Å². The summed E-state index contributed by atoms with van der Waals surface area (Å²) in [7, 11) is 0. The van der Waals surface area contributed by atoms with E-state index < -0.39 is 17.7 Å². The average Bonchev–Trinajstić information content (AvgIpc) is 2.27. The van der Waals surface area contributed by atoms with Crippen LogP contribution in [0.15, 0.2) is 18.2 Å². The third kappa shape index (κ3) is 4.47. The second-order valence-corrected chi connectivity index (χ2v) is 4.78. The van der Waals surface area contributed by atoms with Gasteiger partial charge in [-0.2, -0.15) is 13.2 Å². The first kappa shape index (κ1) is 15.3. The van der Waals surface area contributed by atoms with Crippen molar-refractivity contribution >= 4 is 28.6 Å². The van der Waals surface area contributed by atoms with Crippen LogP contribution in [0.25, 0.3) is 0 Å². The summed E-state index contributed by atoms with van der Waals surface area (Å²) in [6.07, 6.45) is -4.03. The van der Waals surface area contributed by atoms with E-state index in [9.17, 15) is 18.0 Å². The number of aryl methyl sites for hydroxylation is 1. The van der Waals surface area contributed by atoms with E-state index in [1.54, 1.807) is 35.6 Å². The van der Waals surface area contributed by atoms with Crippen LogP contribution in [0.2, 0.25) is 0 Å². The van der Waals surface area contributed by atoms with Crippen molar-refractivity contribution in [3.8, 4) is 0 Å². The van der Waals surface area contributed by atoms with Gasteiger partial charge < -0.3 is 4.74 Å². The lowest BCUT2D eigenvalue weighted by Crippen LogP contribution is -2.09. The first-order chi connectivity index (χ1) is 8.34. The molecule has 18 heavy (non-hydrogen) atoms. The molecule has 0 saturated heterocycles. The van der Waals surface area contributed by atoms with Gasteiger partial charge in [0.1, 0.15) is 0 Å². The molecule has 0 saturated carbocycles. The molecule has 0 amide bonds. The quantitative estimate of drug-likeness (QED) is 0.594. The number of benzene rings is 1. The van der Waals surface area contributed by atoms with E-state index in [4.69, 9.17) is 4.74 Å². The SMILES string of the molecule is CCOC(=O)CCc1ccc(I)c(C(F)(F)F)c1. The molecule has 6 heteroatoms. The standard InChI is InChI=1S/C12H12F3IO2/c1-2-18-11(17)6-4-8-3-5-10(16)9(7-8)12(13,14)15/h3,5,7H,2,4,6H2,1H3. The lowest BCUT2D eigenvalue weighted by atomic mass is 10.1. The monoisotopic (exact) mass is 372 g/mol. The summed E-state index contributed by atoms with van der Waals surface area (Å²) in [5, 5.41) is 0. The van der Waals surface area contributed by atoms with Crippen molar-refractivity contribution < 1.29 is 22.7 Å². The van der Waals surface area contributed by atoms with E-state index in [0.29, 0.717) is 5.56 Å². The Balaban J connectivity index is 2.77. The van der Waals surface area contributed by atoms with E-state index in [0.717, 1.165) is 6.07 Å². The molecule has 2 nitrogen and oxygen atoms in total. The third-order valence-corrected chi connectivity index (χ3v) is 3.20. The molecule has 0 aromatic heterocycles. The highest BCUT2D eigenvalue weighted by Gasteiger charge is 2.32. The molecule has 1 aromatic carbocycles. The normalized spacial score (nSPS) is 11.4. The fraction of sp³-hybridized carbons (Fsp3) is 0.417. The number of carbonyl (C=O) groups excluding carboxylic acids is 1. The molecule has 0 spiro atoms. The molecule has 0 atom stereocenters. The molecule has 1 rings (SSSR count). The number of hydrogen-bond donors (Lipinski definition) is 0. The Labute approximate surface area is 117 Å².